The van der Waals surface area contributed by atoms with Gasteiger partial charge in [-0.05, 0) is 47.5 Å². The number of carbonyl (C=O) groups excluding carboxylic acids is 1. The van der Waals surface area contributed by atoms with Crippen molar-refractivity contribution in [3.05, 3.63) is 71.5 Å². The average Bonchev–Trinajstić information content (AvgIpc) is 3.16. The average molecular weight is 459 g/mol. The van der Waals surface area contributed by atoms with Gasteiger partial charge in [0, 0.05) is 16.9 Å². The number of anilines is 3. The van der Waals surface area contributed by atoms with E-state index in [2.05, 4.69) is 20.8 Å². The van der Waals surface area contributed by atoms with Crippen molar-refractivity contribution in [2.75, 3.05) is 16.4 Å². The van der Waals surface area contributed by atoms with E-state index in [0.29, 0.717) is 22.2 Å². The van der Waals surface area contributed by atoms with Crippen molar-refractivity contribution in [1.82, 2.24) is 10.2 Å². The minimum atomic E-state index is -4.52. The molecule has 0 unspecified atom stereocenters. The monoisotopic (exact) mass is 459 g/mol. The first-order chi connectivity index (χ1) is 15.7. The molecule has 33 heavy (non-hydrogen) atoms. The second-order valence-corrected chi connectivity index (χ2v) is 7.15. The molecule has 3 aromatic carbocycles. The predicted molar refractivity (Wildman–Crippen MR) is 116 cm³/mol. The number of urea groups is 1. The van der Waals surface area contributed by atoms with Crippen molar-refractivity contribution in [2.45, 2.75) is 12.8 Å². The van der Waals surface area contributed by atoms with Crippen LogP contribution in [0.15, 0.2) is 54.6 Å². The smallest absolute Gasteiger partial charge is 0.392 e. The first kappa shape index (κ1) is 22.1. The van der Waals surface area contributed by atoms with Gasteiger partial charge < -0.3 is 21.5 Å². The van der Waals surface area contributed by atoms with Gasteiger partial charge in [-0.2, -0.15) is 18.3 Å². The van der Waals surface area contributed by atoms with Gasteiger partial charge in [-0.3, -0.25) is 5.10 Å². The molecule has 170 valence electrons. The molecule has 0 atom stereocenters. The fraction of sp³-hybridized carbons (Fsp3) is 0.0909. The van der Waals surface area contributed by atoms with Crippen LogP contribution in [0.4, 0.5) is 39.5 Å². The first-order valence-corrected chi connectivity index (χ1v) is 9.59. The van der Waals surface area contributed by atoms with Crippen molar-refractivity contribution in [3.8, 4) is 11.1 Å². The lowest BCUT2D eigenvalue weighted by Gasteiger charge is -2.12. The molecule has 0 saturated carbocycles. The number of aromatic nitrogens is 2. The number of nitrogens with one attached hydrogen (secondary N) is 3. The molecular weight excluding hydrogens is 442 g/mol. The number of aliphatic hydroxyl groups excluding tert-OH is 1. The number of nitrogen functional groups attached to an aromatic ring is 1. The third-order valence-electron chi connectivity index (χ3n) is 4.96. The molecule has 6 N–H and O–H groups in total. The van der Waals surface area contributed by atoms with Crippen molar-refractivity contribution in [2.24, 2.45) is 0 Å². The van der Waals surface area contributed by atoms with Crippen LogP contribution in [0.5, 0.6) is 0 Å². The van der Waals surface area contributed by atoms with E-state index in [4.69, 9.17) is 5.73 Å². The molecule has 4 rings (SSSR count). The Bertz CT molecular complexity index is 1330. The number of halogens is 4. The Morgan fingerprint density at radius 2 is 1.76 bits per heavy atom. The highest BCUT2D eigenvalue weighted by molar-refractivity contribution is 6.03. The third kappa shape index (κ3) is 4.44. The van der Waals surface area contributed by atoms with Gasteiger partial charge >= 0.3 is 12.2 Å². The lowest BCUT2D eigenvalue weighted by molar-refractivity contribution is -0.137. The van der Waals surface area contributed by atoms with Gasteiger partial charge in [-0.15, -0.1) is 0 Å². The minimum absolute atomic E-state index is 0.0142. The van der Waals surface area contributed by atoms with Crippen LogP contribution in [0.3, 0.4) is 0 Å². The topological polar surface area (TPSA) is 116 Å². The summed E-state index contributed by atoms with van der Waals surface area (Å²) in [4.78, 5) is 12.2. The van der Waals surface area contributed by atoms with E-state index in [9.17, 15) is 27.5 Å². The summed E-state index contributed by atoms with van der Waals surface area (Å²) in [6.07, 6.45) is -4.52. The summed E-state index contributed by atoms with van der Waals surface area (Å²) in [6, 6.07) is 11.4. The SMILES string of the molecule is Nc1n[nH]c2c(F)c(CO)cc(-c3ccc(NC(=O)Nc4cccc(C(F)(F)F)c4)cc3)c12. The van der Waals surface area contributed by atoms with E-state index < -0.39 is 30.2 Å². The lowest BCUT2D eigenvalue weighted by Crippen LogP contribution is -2.19. The van der Waals surface area contributed by atoms with Gasteiger partial charge in [-0.25, -0.2) is 9.18 Å². The number of alkyl halides is 3. The third-order valence-corrected chi connectivity index (χ3v) is 4.96. The molecule has 1 heterocycles. The van der Waals surface area contributed by atoms with Crippen LogP contribution in [-0.2, 0) is 12.8 Å². The first-order valence-electron chi connectivity index (χ1n) is 9.59. The minimum Gasteiger partial charge on any atom is -0.392 e. The molecule has 7 nitrogen and oxygen atoms in total. The van der Waals surface area contributed by atoms with Crippen LogP contribution in [0.25, 0.3) is 22.0 Å². The van der Waals surface area contributed by atoms with E-state index in [1.165, 1.54) is 18.2 Å². The second kappa shape index (κ2) is 8.43. The molecule has 0 bridgehead atoms. The summed E-state index contributed by atoms with van der Waals surface area (Å²) in [5.41, 5.74) is 6.62. The number of hydrogen-bond donors (Lipinski definition) is 5. The Morgan fingerprint density at radius 3 is 2.42 bits per heavy atom. The Hall–Kier alpha value is -4.12. The molecule has 0 spiro atoms. The van der Waals surface area contributed by atoms with Crippen molar-refractivity contribution < 1.29 is 27.5 Å². The largest absolute Gasteiger partial charge is 0.416 e. The van der Waals surface area contributed by atoms with Gasteiger partial charge in [0.1, 0.15) is 5.52 Å². The molecular formula is C22H17F4N5O2. The van der Waals surface area contributed by atoms with Gasteiger partial charge in [0.05, 0.1) is 17.6 Å². The number of nitrogens with two attached hydrogens (primary N) is 1. The van der Waals surface area contributed by atoms with Crippen molar-refractivity contribution >= 4 is 34.1 Å². The predicted octanol–water partition coefficient (Wildman–Crippen LogP) is 5.11. The normalized spacial score (nSPS) is 11.5. The van der Waals surface area contributed by atoms with E-state index in [1.54, 1.807) is 24.3 Å². The highest BCUT2D eigenvalue weighted by Crippen LogP contribution is 2.35. The fourth-order valence-corrected chi connectivity index (χ4v) is 3.40. The molecule has 1 aromatic heterocycles. The Kier molecular flexibility index (Phi) is 5.64. The summed E-state index contributed by atoms with van der Waals surface area (Å²) in [5, 5.41) is 21.0. The molecule has 0 radical (unpaired) electrons. The number of carbonyl (C=O) groups is 1. The number of rotatable bonds is 4. The second-order valence-electron chi connectivity index (χ2n) is 7.15. The van der Waals surface area contributed by atoms with E-state index >= 15 is 0 Å². The van der Waals surface area contributed by atoms with E-state index in [0.717, 1.165) is 12.1 Å². The molecule has 0 fully saturated rings. The molecule has 0 aliphatic rings. The van der Waals surface area contributed by atoms with Crippen molar-refractivity contribution in [1.29, 1.82) is 0 Å². The summed E-state index contributed by atoms with van der Waals surface area (Å²) >= 11 is 0. The van der Waals surface area contributed by atoms with Gasteiger partial charge in [0.25, 0.3) is 0 Å². The molecule has 0 saturated heterocycles. The number of hydrogen-bond acceptors (Lipinski definition) is 4. The maximum absolute atomic E-state index is 14.5. The maximum Gasteiger partial charge on any atom is 0.416 e. The van der Waals surface area contributed by atoms with Crippen LogP contribution in [-0.4, -0.2) is 21.3 Å². The van der Waals surface area contributed by atoms with Gasteiger partial charge in [0.15, 0.2) is 11.6 Å². The Labute approximate surface area is 184 Å². The molecule has 2 amide bonds. The van der Waals surface area contributed by atoms with Crippen LogP contribution in [0.1, 0.15) is 11.1 Å². The molecule has 4 aromatic rings. The zero-order valence-corrected chi connectivity index (χ0v) is 16.8. The maximum atomic E-state index is 14.5. The van der Waals surface area contributed by atoms with Crippen LogP contribution in [0.2, 0.25) is 0 Å². The lowest BCUT2D eigenvalue weighted by atomic mass is 9.98. The van der Waals surface area contributed by atoms with E-state index in [-0.39, 0.29) is 22.6 Å². The zero-order chi connectivity index (χ0) is 23.8. The van der Waals surface area contributed by atoms with Crippen LogP contribution >= 0.6 is 0 Å². The molecule has 11 heteroatoms. The van der Waals surface area contributed by atoms with Gasteiger partial charge in [-0.1, -0.05) is 18.2 Å². The fourth-order valence-electron chi connectivity index (χ4n) is 3.40. The number of benzene rings is 3. The standard InChI is InChI=1S/C22H17F4N5O2/c23-18-12(10-32)8-16(17-19(18)30-31-20(17)27)11-4-6-14(7-5-11)28-21(33)29-15-3-1-2-13(9-15)22(24,25)26/h1-9,32H,10H2,(H3,27,30,31)(H2,28,29,33). The zero-order valence-electron chi connectivity index (χ0n) is 16.8. The molecule has 0 aliphatic carbocycles. The Morgan fingerprint density at radius 1 is 1.06 bits per heavy atom. The highest BCUT2D eigenvalue weighted by atomic mass is 19.4. The number of aliphatic hydroxyl groups is 1. The summed E-state index contributed by atoms with van der Waals surface area (Å²) in [5.74, 6) is -0.559. The van der Waals surface area contributed by atoms with Crippen molar-refractivity contribution in [3.63, 3.8) is 0 Å². The van der Waals surface area contributed by atoms with Crippen LogP contribution < -0.4 is 16.4 Å². The number of H-pyrrole nitrogens is 1. The van der Waals surface area contributed by atoms with Gasteiger partial charge in [0.2, 0.25) is 0 Å². The highest BCUT2D eigenvalue weighted by Gasteiger charge is 2.30. The number of aromatic amines is 1. The number of nitrogens with zero attached hydrogens (tertiary/aromatic N) is 1. The van der Waals surface area contributed by atoms with E-state index in [1.807, 2.05) is 0 Å². The molecule has 0 aliphatic heterocycles. The number of amides is 2. The summed E-state index contributed by atoms with van der Waals surface area (Å²) in [7, 11) is 0. The summed E-state index contributed by atoms with van der Waals surface area (Å²) in [6.45, 7) is -0.525. The summed E-state index contributed by atoms with van der Waals surface area (Å²) < 4.78 is 52.9. The van der Waals surface area contributed by atoms with Crippen LogP contribution in [0, 0.1) is 5.82 Å². The Balaban J connectivity index is 1.55. The number of fused-ring (bicyclic) bond motifs is 1. The quantitative estimate of drug-likeness (QED) is 0.273.